The topological polar surface area (TPSA) is 128 Å². The molecule has 4 rings (SSSR count). The van der Waals surface area contributed by atoms with E-state index < -0.39 is 22.4 Å². The van der Waals surface area contributed by atoms with Crippen LogP contribution in [0.1, 0.15) is 17.0 Å². The lowest BCUT2D eigenvalue weighted by atomic mass is 9.91. The Labute approximate surface area is 176 Å². The normalized spacial score (nSPS) is 10.6. The van der Waals surface area contributed by atoms with Crippen LogP contribution in [0.25, 0.3) is 5.82 Å². The molecule has 0 saturated heterocycles. The molecule has 1 amide bonds. The summed E-state index contributed by atoms with van der Waals surface area (Å²) in [7, 11) is 0. The molecule has 4 aromatic rings. The molecule has 2 aromatic carbocycles. The summed E-state index contributed by atoms with van der Waals surface area (Å²) in [5.74, 6) is -1.13. The molecule has 31 heavy (non-hydrogen) atoms. The van der Waals surface area contributed by atoms with Crippen molar-refractivity contribution >= 4 is 17.4 Å². The number of hydrazine groups is 1. The van der Waals surface area contributed by atoms with Crippen LogP contribution in [-0.4, -0.2) is 30.3 Å². The van der Waals surface area contributed by atoms with E-state index in [-0.39, 0.29) is 11.6 Å². The van der Waals surface area contributed by atoms with E-state index in [2.05, 4.69) is 25.8 Å². The van der Waals surface area contributed by atoms with Gasteiger partial charge in [-0.15, -0.1) is 0 Å². The first kappa shape index (κ1) is 19.7. The molecule has 0 spiro atoms. The average molecular weight is 415 g/mol. The van der Waals surface area contributed by atoms with Gasteiger partial charge in [0.1, 0.15) is 12.7 Å². The number of nitrogens with zero attached hydrogens (tertiary/aromatic N) is 5. The standard InChI is InChI=1S/C21H17N7O3/c29-21(17(15-7-3-1-4-8-15)16-9-5-2-6-10-16)26-25-19-18(28(30)31)20(24-13-23-19)27-12-11-22-14-27/h1-14,17H,(H,26,29)(H,23,24,25). The summed E-state index contributed by atoms with van der Waals surface area (Å²) in [4.78, 5) is 36.0. The van der Waals surface area contributed by atoms with Crippen molar-refractivity contribution in [2.24, 2.45) is 0 Å². The maximum Gasteiger partial charge on any atom is 0.355 e. The SMILES string of the molecule is O=C(NNc1ncnc(-n2ccnc2)c1[N+](=O)[O-])C(c1ccccc1)c1ccccc1. The fourth-order valence-electron chi connectivity index (χ4n) is 3.18. The highest BCUT2D eigenvalue weighted by molar-refractivity contribution is 5.88. The van der Waals surface area contributed by atoms with Crippen LogP contribution in [0.15, 0.2) is 85.7 Å². The van der Waals surface area contributed by atoms with Crippen LogP contribution in [0, 0.1) is 10.1 Å². The van der Waals surface area contributed by atoms with Gasteiger partial charge in [-0.25, -0.2) is 15.0 Å². The number of hydrogen-bond donors (Lipinski definition) is 2. The molecule has 0 radical (unpaired) electrons. The van der Waals surface area contributed by atoms with E-state index >= 15 is 0 Å². The molecule has 10 heteroatoms. The van der Waals surface area contributed by atoms with E-state index in [9.17, 15) is 14.9 Å². The van der Waals surface area contributed by atoms with Crippen molar-refractivity contribution in [3.05, 3.63) is 107 Å². The van der Waals surface area contributed by atoms with Gasteiger partial charge in [-0.05, 0) is 11.1 Å². The van der Waals surface area contributed by atoms with Crippen LogP contribution < -0.4 is 10.9 Å². The number of imidazole rings is 1. The van der Waals surface area contributed by atoms with Crippen LogP contribution in [0.2, 0.25) is 0 Å². The molecule has 0 atom stereocenters. The number of hydrogen-bond acceptors (Lipinski definition) is 7. The Morgan fingerprint density at radius 1 is 1.00 bits per heavy atom. The number of nitro groups is 1. The average Bonchev–Trinajstić information content (AvgIpc) is 3.34. The number of nitrogens with one attached hydrogen (secondary N) is 2. The monoisotopic (exact) mass is 415 g/mol. The lowest BCUT2D eigenvalue weighted by Crippen LogP contribution is -2.35. The molecule has 0 fully saturated rings. The summed E-state index contributed by atoms with van der Waals surface area (Å²) in [5.41, 5.74) is 6.32. The zero-order valence-electron chi connectivity index (χ0n) is 16.1. The molecule has 0 bridgehead atoms. The van der Waals surface area contributed by atoms with Gasteiger partial charge in [0, 0.05) is 12.4 Å². The lowest BCUT2D eigenvalue weighted by molar-refractivity contribution is -0.384. The van der Waals surface area contributed by atoms with Crippen LogP contribution in [0.5, 0.6) is 0 Å². The predicted octanol–water partition coefficient (Wildman–Crippen LogP) is 2.85. The van der Waals surface area contributed by atoms with Crippen molar-refractivity contribution < 1.29 is 9.72 Å². The third-order valence-electron chi connectivity index (χ3n) is 4.57. The number of carbonyl (C=O) groups excluding carboxylic acids is 1. The first-order valence-electron chi connectivity index (χ1n) is 9.28. The Balaban J connectivity index is 1.63. The molecule has 10 nitrogen and oxygen atoms in total. The Morgan fingerprint density at radius 2 is 1.65 bits per heavy atom. The molecule has 0 aliphatic carbocycles. The third-order valence-corrected chi connectivity index (χ3v) is 4.57. The lowest BCUT2D eigenvalue weighted by Gasteiger charge is -2.18. The molecule has 0 saturated carbocycles. The maximum absolute atomic E-state index is 13.1. The molecule has 154 valence electrons. The quantitative estimate of drug-likeness (QED) is 0.351. The van der Waals surface area contributed by atoms with Crippen LogP contribution >= 0.6 is 0 Å². The molecular formula is C21H17N7O3. The molecule has 0 aliphatic rings. The molecule has 2 N–H and O–H groups in total. The number of anilines is 1. The van der Waals surface area contributed by atoms with E-state index in [1.54, 1.807) is 0 Å². The van der Waals surface area contributed by atoms with Gasteiger partial charge in [-0.2, -0.15) is 0 Å². The number of benzene rings is 2. The molecule has 2 heterocycles. The van der Waals surface area contributed by atoms with Gasteiger partial charge in [-0.1, -0.05) is 60.7 Å². The van der Waals surface area contributed by atoms with Gasteiger partial charge < -0.3 is 0 Å². The van der Waals surface area contributed by atoms with Gasteiger partial charge in [0.15, 0.2) is 0 Å². The van der Waals surface area contributed by atoms with Gasteiger partial charge in [0.05, 0.1) is 10.8 Å². The minimum absolute atomic E-state index is 0.0249. The summed E-state index contributed by atoms with van der Waals surface area (Å²) in [6, 6.07) is 18.5. The first-order chi connectivity index (χ1) is 15.1. The Kier molecular flexibility index (Phi) is 5.61. The number of aromatic nitrogens is 4. The van der Waals surface area contributed by atoms with E-state index in [0.29, 0.717) is 0 Å². The highest BCUT2D eigenvalue weighted by Gasteiger charge is 2.27. The highest BCUT2D eigenvalue weighted by Crippen LogP contribution is 2.28. The minimum atomic E-state index is -0.621. The fraction of sp³-hybridized carbons (Fsp3) is 0.0476. The Bertz CT molecular complexity index is 1140. The number of rotatable bonds is 7. The van der Waals surface area contributed by atoms with Crippen molar-refractivity contribution in [2.45, 2.75) is 5.92 Å². The Hall–Kier alpha value is -4.60. The minimum Gasteiger partial charge on any atom is -0.285 e. The van der Waals surface area contributed by atoms with Crippen LogP contribution in [-0.2, 0) is 4.79 Å². The van der Waals surface area contributed by atoms with Crippen molar-refractivity contribution in [3.63, 3.8) is 0 Å². The van der Waals surface area contributed by atoms with Crippen molar-refractivity contribution in [1.82, 2.24) is 24.9 Å². The first-order valence-corrected chi connectivity index (χ1v) is 9.28. The Morgan fingerprint density at radius 3 is 2.19 bits per heavy atom. The third kappa shape index (κ3) is 4.22. The van der Waals surface area contributed by atoms with Crippen molar-refractivity contribution in [1.29, 1.82) is 0 Å². The van der Waals surface area contributed by atoms with E-state index in [1.165, 1.54) is 29.6 Å². The number of carbonyl (C=O) groups is 1. The van der Waals surface area contributed by atoms with Gasteiger partial charge in [-0.3, -0.25) is 30.3 Å². The summed E-state index contributed by atoms with van der Waals surface area (Å²) in [5, 5.41) is 11.7. The molecule has 2 aromatic heterocycles. The second-order valence-electron chi connectivity index (χ2n) is 6.49. The van der Waals surface area contributed by atoms with Crippen molar-refractivity contribution in [3.8, 4) is 5.82 Å². The second-order valence-corrected chi connectivity index (χ2v) is 6.49. The van der Waals surface area contributed by atoms with E-state index in [1.807, 2.05) is 60.7 Å². The summed E-state index contributed by atoms with van der Waals surface area (Å²) in [6.45, 7) is 0. The molecular weight excluding hydrogens is 398 g/mol. The zero-order valence-corrected chi connectivity index (χ0v) is 16.1. The summed E-state index contributed by atoms with van der Waals surface area (Å²) < 4.78 is 1.39. The fourth-order valence-corrected chi connectivity index (χ4v) is 3.18. The van der Waals surface area contributed by atoms with E-state index in [0.717, 1.165) is 11.1 Å². The van der Waals surface area contributed by atoms with E-state index in [4.69, 9.17) is 0 Å². The molecule has 0 aliphatic heterocycles. The summed E-state index contributed by atoms with van der Waals surface area (Å²) >= 11 is 0. The number of amides is 1. The zero-order chi connectivity index (χ0) is 21.6. The van der Waals surface area contributed by atoms with Gasteiger partial charge >= 0.3 is 5.69 Å². The summed E-state index contributed by atoms with van der Waals surface area (Å²) in [6.07, 6.45) is 5.56. The van der Waals surface area contributed by atoms with Crippen LogP contribution in [0.4, 0.5) is 11.5 Å². The highest BCUT2D eigenvalue weighted by atomic mass is 16.6. The van der Waals surface area contributed by atoms with Gasteiger partial charge in [0.25, 0.3) is 0 Å². The predicted molar refractivity (Wildman–Crippen MR) is 112 cm³/mol. The van der Waals surface area contributed by atoms with Gasteiger partial charge in [0.2, 0.25) is 17.5 Å². The van der Waals surface area contributed by atoms with Crippen LogP contribution in [0.3, 0.4) is 0 Å². The molecule has 0 unspecified atom stereocenters. The second kappa shape index (κ2) is 8.82. The largest absolute Gasteiger partial charge is 0.355 e. The smallest absolute Gasteiger partial charge is 0.285 e. The maximum atomic E-state index is 13.1. The van der Waals surface area contributed by atoms with Crippen molar-refractivity contribution in [2.75, 3.05) is 5.43 Å².